The highest BCUT2D eigenvalue weighted by atomic mass is 35.5. The lowest BCUT2D eigenvalue weighted by Gasteiger charge is -2.10. The molecule has 76 valence electrons. The maximum absolute atomic E-state index is 5.89. The Labute approximate surface area is 90.8 Å². The van der Waals surface area contributed by atoms with E-state index < -0.39 is 0 Å². The minimum Gasteiger partial charge on any atom is -0.310 e. The number of benzene rings is 1. The van der Waals surface area contributed by atoms with E-state index in [9.17, 15) is 0 Å². The molecule has 2 heteroatoms. The average Bonchev–Trinajstić information content (AvgIpc) is 2.15. The zero-order valence-corrected chi connectivity index (χ0v) is 9.43. The first-order valence-corrected chi connectivity index (χ1v) is 5.15. The van der Waals surface area contributed by atoms with Crippen molar-refractivity contribution in [2.45, 2.75) is 26.4 Å². The summed E-state index contributed by atoms with van der Waals surface area (Å²) >= 11 is 5.89. The Morgan fingerprint density at radius 2 is 2.21 bits per heavy atom. The van der Waals surface area contributed by atoms with E-state index in [1.54, 1.807) is 0 Å². The van der Waals surface area contributed by atoms with Crippen molar-refractivity contribution in [3.8, 4) is 0 Å². The fourth-order valence-electron chi connectivity index (χ4n) is 1.23. The highest BCUT2D eigenvalue weighted by Gasteiger charge is 2.00. The zero-order chi connectivity index (χ0) is 10.6. The minimum absolute atomic E-state index is 0.489. The molecule has 0 spiro atoms. The van der Waals surface area contributed by atoms with Gasteiger partial charge in [0.2, 0.25) is 0 Å². The zero-order valence-electron chi connectivity index (χ0n) is 8.68. The van der Waals surface area contributed by atoms with Gasteiger partial charge < -0.3 is 5.32 Å². The third-order valence-corrected chi connectivity index (χ3v) is 2.26. The van der Waals surface area contributed by atoms with Gasteiger partial charge in [-0.05, 0) is 23.3 Å². The van der Waals surface area contributed by atoms with Crippen molar-refractivity contribution >= 4 is 17.7 Å². The first-order chi connectivity index (χ1) is 6.63. The predicted molar refractivity (Wildman–Crippen MR) is 63.5 cm³/mol. The van der Waals surface area contributed by atoms with Crippen LogP contribution in [0.3, 0.4) is 0 Å². The fraction of sp³-hybridized carbons (Fsp3) is 0.333. The summed E-state index contributed by atoms with van der Waals surface area (Å²) in [5, 5.41) is 4.12. The van der Waals surface area contributed by atoms with Crippen LogP contribution in [0.2, 0.25) is 5.02 Å². The van der Waals surface area contributed by atoms with Crippen LogP contribution in [-0.4, -0.2) is 6.04 Å². The van der Waals surface area contributed by atoms with E-state index in [2.05, 4.69) is 25.7 Å². The highest BCUT2D eigenvalue weighted by Crippen LogP contribution is 2.17. The molecule has 1 N–H and O–H groups in total. The van der Waals surface area contributed by atoms with Gasteiger partial charge in [-0.1, -0.05) is 44.2 Å². The van der Waals surface area contributed by atoms with Crippen molar-refractivity contribution < 1.29 is 0 Å². The second kappa shape index (κ2) is 5.18. The molecule has 0 fully saturated rings. The molecule has 0 aliphatic rings. The maximum Gasteiger partial charge on any atom is 0.0412 e. The first-order valence-electron chi connectivity index (χ1n) is 4.77. The Balaban J connectivity index is 2.80. The Hall–Kier alpha value is -0.790. The van der Waals surface area contributed by atoms with Gasteiger partial charge in [-0.2, -0.15) is 0 Å². The third kappa shape index (κ3) is 3.17. The van der Waals surface area contributed by atoms with Crippen LogP contribution in [0.4, 0.5) is 0 Å². The Morgan fingerprint density at radius 3 is 2.79 bits per heavy atom. The quantitative estimate of drug-likeness (QED) is 0.801. The van der Waals surface area contributed by atoms with E-state index in [4.69, 9.17) is 11.6 Å². The summed E-state index contributed by atoms with van der Waals surface area (Å²) in [4.78, 5) is 0. The van der Waals surface area contributed by atoms with Crippen molar-refractivity contribution in [2.24, 2.45) is 0 Å². The summed E-state index contributed by atoms with van der Waals surface area (Å²) in [6.45, 7) is 8.89. The van der Waals surface area contributed by atoms with Crippen LogP contribution in [0.25, 0.3) is 6.08 Å². The van der Waals surface area contributed by atoms with Gasteiger partial charge in [-0.15, -0.1) is 0 Å². The molecule has 0 amide bonds. The van der Waals surface area contributed by atoms with E-state index in [1.807, 2.05) is 24.3 Å². The van der Waals surface area contributed by atoms with Crippen LogP contribution in [0.5, 0.6) is 0 Å². The molecule has 1 aromatic carbocycles. The number of nitrogens with one attached hydrogen (secondary N) is 1. The van der Waals surface area contributed by atoms with Gasteiger partial charge in [0.05, 0.1) is 0 Å². The Bertz CT molecular complexity index is 318. The van der Waals surface area contributed by atoms with Crippen molar-refractivity contribution in [3.05, 3.63) is 40.9 Å². The maximum atomic E-state index is 5.89. The van der Waals surface area contributed by atoms with Crippen LogP contribution in [0.15, 0.2) is 24.8 Å². The molecule has 0 radical (unpaired) electrons. The third-order valence-electron chi connectivity index (χ3n) is 2.03. The molecule has 1 rings (SSSR count). The standard InChI is InChI=1S/C12H16ClN/c1-4-10-7-12(13)6-5-11(10)8-14-9(2)3/h4-7,9,14H,1,8H2,2-3H3. The molecule has 0 aliphatic carbocycles. The molecule has 1 aromatic rings. The smallest absolute Gasteiger partial charge is 0.0412 e. The first kappa shape index (κ1) is 11.3. The van der Waals surface area contributed by atoms with Gasteiger partial charge in [-0.3, -0.25) is 0 Å². The van der Waals surface area contributed by atoms with Gasteiger partial charge >= 0.3 is 0 Å². The molecule has 14 heavy (non-hydrogen) atoms. The predicted octanol–water partition coefficient (Wildman–Crippen LogP) is 3.48. The SMILES string of the molecule is C=Cc1cc(Cl)ccc1CNC(C)C. The van der Waals surface area contributed by atoms with Crippen LogP contribution in [-0.2, 0) is 6.54 Å². The Morgan fingerprint density at radius 1 is 1.50 bits per heavy atom. The topological polar surface area (TPSA) is 12.0 Å². The van der Waals surface area contributed by atoms with Crippen LogP contribution in [0, 0.1) is 0 Å². The molecule has 0 saturated carbocycles. The normalized spacial score (nSPS) is 10.6. The largest absolute Gasteiger partial charge is 0.310 e. The van der Waals surface area contributed by atoms with Gasteiger partial charge in [0.15, 0.2) is 0 Å². The monoisotopic (exact) mass is 209 g/mol. The molecular weight excluding hydrogens is 194 g/mol. The van der Waals surface area contributed by atoms with Crippen molar-refractivity contribution in [3.63, 3.8) is 0 Å². The minimum atomic E-state index is 0.489. The lowest BCUT2D eigenvalue weighted by atomic mass is 10.1. The summed E-state index contributed by atoms with van der Waals surface area (Å²) in [7, 11) is 0. The molecule has 0 heterocycles. The van der Waals surface area contributed by atoms with Gasteiger partial charge in [0, 0.05) is 17.6 Å². The van der Waals surface area contributed by atoms with Gasteiger partial charge in [-0.25, -0.2) is 0 Å². The van der Waals surface area contributed by atoms with Gasteiger partial charge in [0.1, 0.15) is 0 Å². The van der Waals surface area contributed by atoms with Crippen LogP contribution < -0.4 is 5.32 Å². The number of rotatable bonds is 4. The Kier molecular flexibility index (Phi) is 4.18. The average molecular weight is 210 g/mol. The summed E-state index contributed by atoms with van der Waals surface area (Å²) < 4.78 is 0. The lowest BCUT2D eigenvalue weighted by Crippen LogP contribution is -2.22. The van der Waals surface area contributed by atoms with Crippen LogP contribution >= 0.6 is 11.6 Å². The van der Waals surface area contributed by atoms with E-state index in [-0.39, 0.29) is 0 Å². The second-order valence-corrected chi connectivity index (χ2v) is 4.02. The van der Waals surface area contributed by atoms with Crippen molar-refractivity contribution in [1.82, 2.24) is 5.32 Å². The summed E-state index contributed by atoms with van der Waals surface area (Å²) in [6.07, 6.45) is 1.84. The van der Waals surface area contributed by atoms with E-state index in [0.717, 1.165) is 17.1 Å². The van der Waals surface area contributed by atoms with Crippen molar-refractivity contribution in [2.75, 3.05) is 0 Å². The summed E-state index contributed by atoms with van der Waals surface area (Å²) in [5.74, 6) is 0. The van der Waals surface area contributed by atoms with Crippen molar-refractivity contribution in [1.29, 1.82) is 0 Å². The fourth-order valence-corrected chi connectivity index (χ4v) is 1.41. The highest BCUT2D eigenvalue weighted by molar-refractivity contribution is 6.30. The van der Waals surface area contributed by atoms with E-state index >= 15 is 0 Å². The number of hydrogen-bond donors (Lipinski definition) is 1. The molecule has 0 aliphatic heterocycles. The number of halogens is 1. The molecule has 0 saturated heterocycles. The van der Waals surface area contributed by atoms with Crippen LogP contribution in [0.1, 0.15) is 25.0 Å². The molecular formula is C12H16ClN. The summed E-state index contributed by atoms with van der Waals surface area (Å²) in [6, 6.07) is 6.37. The molecule has 0 aromatic heterocycles. The molecule has 1 nitrogen and oxygen atoms in total. The van der Waals surface area contributed by atoms with E-state index in [1.165, 1.54) is 5.56 Å². The lowest BCUT2D eigenvalue weighted by molar-refractivity contribution is 0.588. The number of hydrogen-bond acceptors (Lipinski definition) is 1. The van der Waals surface area contributed by atoms with E-state index in [0.29, 0.717) is 6.04 Å². The molecule has 0 unspecified atom stereocenters. The molecule has 0 atom stereocenters. The molecule has 0 bridgehead atoms. The van der Waals surface area contributed by atoms with Gasteiger partial charge in [0.25, 0.3) is 0 Å². The summed E-state index contributed by atoms with van der Waals surface area (Å²) in [5.41, 5.74) is 2.34. The second-order valence-electron chi connectivity index (χ2n) is 3.58.